The zero-order valence-corrected chi connectivity index (χ0v) is 23.0. The largest absolute Gasteiger partial charge is 0.378 e. The van der Waals surface area contributed by atoms with E-state index >= 15 is 0 Å². The number of halogens is 1. The van der Waals surface area contributed by atoms with E-state index in [1.807, 2.05) is 47.6 Å². The Hall–Kier alpha value is -5.06. The van der Waals surface area contributed by atoms with E-state index in [4.69, 9.17) is 7.85 Å². The first-order chi connectivity index (χ1) is 20.4. The van der Waals surface area contributed by atoms with Gasteiger partial charge in [-0.05, 0) is 54.7 Å². The number of nitrogens with zero attached hydrogens (tertiary/aromatic N) is 4. The summed E-state index contributed by atoms with van der Waals surface area (Å²) < 4.78 is 13.9. The number of hydrazine groups is 2. The van der Waals surface area contributed by atoms with Gasteiger partial charge in [-0.1, -0.05) is 49.4 Å². The Morgan fingerprint density at radius 3 is 2.50 bits per heavy atom. The maximum Gasteiger partial charge on any atom is 0.123 e. The quantitative estimate of drug-likeness (QED) is 0.203. The summed E-state index contributed by atoms with van der Waals surface area (Å²) in [6.45, 7) is 2.07. The molecule has 1 unspecified atom stereocenters. The van der Waals surface area contributed by atoms with E-state index < -0.39 is 5.44 Å². The maximum atomic E-state index is 13.9. The molecule has 0 bridgehead atoms. The van der Waals surface area contributed by atoms with Crippen molar-refractivity contribution in [3.05, 3.63) is 113 Å². The van der Waals surface area contributed by atoms with Crippen LogP contribution in [0.4, 0.5) is 15.8 Å². The van der Waals surface area contributed by atoms with E-state index in [-0.39, 0.29) is 11.9 Å². The van der Waals surface area contributed by atoms with Gasteiger partial charge in [0.15, 0.2) is 0 Å². The molecule has 6 rings (SSSR count). The number of rotatable bonds is 9. The van der Waals surface area contributed by atoms with Gasteiger partial charge in [-0.25, -0.2) is 4.39 Å². The number of nitriles is 2. The highest BCUT2D eigenvalue weighted by Gasteiger charge is 2.38. The number of hydrogen-bond donors (Lipinski definition) is 4. The summed E-state index contributed by atoms with van der Waals surface area (Å²) >= 11 is 0. The lowest BCUT2D eigenvalue weighted by molar-refractivity contribution is 0.260. The van der Waals surface area contributed by atoms with E-state index in [0.717, 1.165) is 24.8 Å². The van der Waals surface area contributed by atoms with Crippen LogP contribution in [-0.4, -0.2) is 23.9 Å². The van der Waals surface area contributed by atoms with Crippen molar-refractivity contribution in [3.8, 4) is 12.1 Å². The highest BCUT2D eigenvalue weighted by molar-refractivity contribution is 6.19. The van der Waals surface area contributed by atoms with Gasteiger partial charge in [0, 0.05) is 29.5 Å². The molecular weight excluding hydrogens is 526 g/mol. The lowest BCUT2D eigenvalue weighted by Crippen LogP contribution is -2.45. The van der Waals surface area contributed by atoms with Crippen molar-refractivity contribution in [2.24, 2.45) is 0 Å². The lowest BCUT2D eigenvalue weighted by atomic mass is 9.69. The average Bonchev–Trinajstić information content (AvgIpc) is 3.75. The molecule has 10 heteroatoms. The second-order valence-electron chi connectivity index (χ2n) is 10.6. The highest BCUT2D eigenvalue weighted by atomic mass is 19.1. The fraction of sp³-hybridized carbons (Fsp3) is 0.219. The number of anilines is 2. The summed E-state index contributed by atoms with van der Waals surface area (Å²) in [4.78, 5) is 4.48. The summed E-state index contributed by atoms with van der Waals surface area (Å²) in [6.07, 6.45) is 6.31. The van der Waals surface area contributed by atoms with Gasteiger partial charge in [0.25, 0.3) is 0 Å². The van der Waals surface area contributed by atoms with Crippen molar-refractivity contribution in [1.29, 1.82) is 10.5 Å². The topological polar surface area (TPSA) is 112 Å². The molecule has 4 N–H and O–H groups in total. The zero-order chi connectivity index (χ0) is 29.3. The third kappa shape index (κ3) is 5.09. The molecule has 206 valence electrons. The number of pyridine rings is 1. The first kappa shape index (κ1) is 27.1. The molecule has 1 saturated carbocycles. The van der Waals surface area contributed by atoms with Gasteiger partial charge in [-0.3, -0.25) is 9.99 Å². The molecule has 4 aromatic rings. The van der Waals surface area contributed by atoms with Crippen LogP contribution < -0.4 is 21.6 Å². The smallest absolute Gasteiger partial charge is 0.123 e. The number of fused-ring (bicyclic) bond motifs is 1. The van der Waals surface area contributed by atoms with E-state index in [1.54, 1.807) is 18.2 Å². The number of hydrogen-bond acceptors (Lipinski definition) is 8. The van der Waals surface area contributed by atoms with Gasteiger partial charge in [-0.2, -0.15) is 10.5 Å². The second kappa shape index (κ2) is 11.1. The fourth-order valence-electron chi connectivity index (χ4n) is 5.29. The Bertz CT molecular complexity index is 1740. The van der Waals surface area contributed by atoms with E-state index in [1.165, 1.54) is 18.3 Å². The highest BCUT2D eigenvalue weighted by Crippen LogP contribution is 2.38. The molecule has 2 aliphatic rings. The van der Waals surface area contributed by atoms with Crippen LogP contribution in [0.15, 0.2) is 84.8 Å². The summed E-state index contributed by atoms with van der Waals surface area (Å²) in [5.74, 6) is -0.376. The minimum Gasteiger partial charge on any atom is -0.378 e. The predicted molar refractivity (Wildman–Crippen MR) is 161 cm³/mol. The van der Waals surface area contributed by atoms with Crippen LogP contribution in [0.3, 0.4) is 0 Å². The van der Waals surface area contributed by atoms with Crippen LogP contribution in [0.2, 0.25) is 0 Å². The number of nitrogens with one attached hydrogen (secondary N) is 4. The molecule has 8 nitrogen and oxygen atoms in total. The van der Waals surface area contributed by atoms with Crippen molar-refractivity contribution < 1.29 is 4.39 Å². The van der Waals surface area contributed by atoms with Gasteiger partial charge in [-0.15, -0.1) is 5.53 Å². The zero-order valence-electron chi connectivity index (χ0n) is 23.0. The van der Waals surface area contributed by atoms with Crippen LogP contribution in [0.1, 0.15) is 54.5 Å². The lowest BCUT2D eigenvalue weighted by Gasteiger charge is -2.34. The van der Waals surface area contributed by atoms with Crippen LogP contribution in [0.5, 0.6) is 0 Å². The van der Waals surface area contributed by atoms with E-state index in [0.29, 0.717) is 50.7 Å². The predicted octanol–water partition coefficient (Wildman–Crippen LogP) is 5.44. The summed E-state index contributed by atoms with van der Waals surface area (Å²) in [5.41, 5.74) is 9.58. The Morgan fingerprint density at radius 1 is 1.10 bits per heavy atom. The van der Waals surface area contributed by atoms with Crippen LogP contribution >= 0.6 is 0 Å². The van der Waals surface area contributed by atoms with Gasteiger partial charge >= 0.3 is 0 Å². The molecule has 2 radical (unpaired) electrons. The third-order valence-electron chi connectivity index (χ3n) is 7.74. The molecule has 2 heterocycles. The molecule has 1 fully saturated rings. The second-order valence-corrected chi connectivity index (χ2v) is 10.6. The fourth-order valence-corrected chi connectivity index (χ4v) is 5.29. The molecule has 2 atom stereocenters. The molecule has 0 amide bonds. The molecule has 1 aliphatic carbocycles. The Morgan fingerprint density at radius 2 is 1.83 bits per heavy atom. The maximum absolute atomic E-state index is 13.9. The average molecular weight is 554 g/mol. The SMILES string of the molecule is [B]C(Nc1cc(C#N)c2ncc(C#N)c(N[C@H](CC)c3ccccc3)c2c1)(C1=CN(C2CC2)NN1)c1ccc(F)cc1. The third-order valence-corrected chi connectivity index (χ3v) is 7.74. The molecule has 0 spiro atoms. The van der Waals surface area contributed by atoms with Gasteiger partial charge in [0.05, 0.1) is 39.5 Å². The molecular formula is C32H28BFN8. The van der Waals surface area contributed by atoms with Crippen molar-refractivity contribution in [2.45, 2.75) is 43.7 Å². The summed E-state index contributed by atoms with van der Waals surface area (Å²) in [7, 11) is 7.10. The van der Waals surface area contributed by atoms with Crippen molar-refractivity contribution in [2.75, 3.05) is 10.6 Å². The molecule has 0 saturated heterocycles. The summed E-state index contributed by atoms with van der Waals surface area (Å²) in [6, 6.07) is 24.3. The Labute approximate surface area is 245 Å². The Balaban J connectivity index is 1.47. The van der Waals surface area contributed by atoms with Gasteiger partial charge in [0.2, 0.25) is 0 Å². The normalized spacial score (nSPS) is 16.5. The van der Waals surface area contributed by atoms with Gasteiger partial charge in [0.1, 0.15) is 25.8 Å². The van der Waals surface area contributed by atoms with Gasteiger partial charge < -0.3 is 16.1 Å². The minimum absolute atomic E-state index is 0.0776. The first-order valence-electron chi connectivity index (χ1n) is 13.9. The minimum atomic E-state index is -1.32. The van der Waals surface area contributed by atoms with Crippen LogP contribution in [0.25, 0.3) is 10.9 Å². The number of benzene rings is 3. The van der Waals surface area contributed by atoms with E-state index in [2.05, 4.69) is 45.6 Å². The molecule has 1 aromatic heterocycles. The van der Waals surface area contributed by atoms with Crippen LogP contribution in [0, 0.1) is 28.5 Å². The molecule has 1 aliphatic heterocycles. The molecule has 42 heavy (non-hydrogen) atoms. The Kier molecular flexibility index (Phi) is 7.16. The van der Waals surface area contributed by atoms with E-state index in [9.17, 15) is 14.9 Å². The van der Waals surface area contributed by atoms with Crippen molar-refractivity contribution in [3.63, 3.8) is 0 Å². The standard InChI is InChI=1S/C32H28BFN8/c1-2-28(20-6-4-3-5-7-20)38-31-22(17-36)18-37-30-21(16-35)14-25(15-27(30)31)39-32(33,23-8-10-24(34)11-9-23)29-19-42(41-40-29)26-12-13-26/h3-11,14-15,18-19,26,28,39-41H,2,12-13H2,1H3,(H,37,38)/t28-,32?/m1/s1. The number of aromatic nitrogens is 1. The first-order valence-corrected chi connectivity index (χ1v) is 13.9. The monoisotopic (exact) mass is 554 g/mol. The van der Waals surface area contributed by atoms with Crippen molar-refractivity contribution >= 4 is 30.1 Å². The summed E-state index contributed by atoms with van der Waals surface area (Å²) in [5, 5.41) is 29.7. The molecule has 3 aromatic carbocycles. The van der Waals surface area contributed by atoms with Crippen molar-refractivity contribution in [1.82, 2.24) is 21.0 Å². The van der Waals surface area contributed by atoms with Crippen LogP contribution in [-0.2, 0) is 5.44 Å².